The molecule has 0 aromatic heterocycles. The Morgan fingerprint density at radius 2 is 2.00 bits per heavy atom. The topological polar surface area (TPSA) is 125 Å². The summed E-state index contributed by atoms with van der Waals surface area (Å²) in [6.45, 7) is 15.9. The van der Waals surface area contributed by atoms with E-state index in [2.05, 4.69) is 18.5 Å². The Morgan fingerprint density at radius 3 is 2.61 bits per heavy atom. The molecule has 41 heavy (non-hydrogen) atoms. The van der Waals surface area contributed by atoms with Crippen LogP contribution in [0.1, 0.15) is 72.6 Å². The minimum atomic E-state index is -1.17. The molecule has 2 bridgehead atoms. The molecule has 0 saturated carbocycles. The SMILES string of the molecule is C=CCCC(=O)NC[C@@H](C)OC(=O)[C@@H]1[C@@H]2CC[C@]3(O2)[C@H](C(=O)N(CC=C)CCCC)N([C@@H](CO)CC(C)C)C(=O)[C@@H]13. The quantitative estimate of drug-likeness (QED) is 0.202. The Kier molecular flexibility index (Phi) is 11.6. The van der Waals surface area contributed by atoms with Gasteiger partial charge in [0.2, 0.25) is 17.7 Å². The molecule has 10 heteroatoms. The van der Waals surface area contributed by atoms with Crippen molar-refractivity contribution in [2.75, 3.05) is 26.2 Å². The number of aliphatic hydroxyl groups is 1. The molecule has 230 valence electrons. The average molecular weight is 576 g/mol. The van der Waals surface area contributed by atoms with E-state index in [0.29, 0.717) is 45.2 Å². The molecule has 0 radical (unpaired) electrons. The number of aliphatic hydroxyl groups excluding tert-OH is 1. The second-order valence-electron chi connectivity index (χ2n) is 12.1. The predicted octanol–water partition coefficient (Wildman–Crippen LogP) is 2.60. The van der Waals surface area contributed by atoms with Crippen LogP contribution in [0.2, 0.25) is 0 Å². The maximum Gasteiger partial charge on any atom is 0.312 e. The van der Waals surface area contributed by atoms with E-state index in [1.54, 1.807) is 24.0 Å². The largest absolute Gasteiger partial charge is 0.460 e. The van der Waals surface area contributed by atoms with Crippen LogP contribution in [0.25, 0.3) is 0 Å². The minimum absolute atomic E-state index is 0.145. The lowest BCUT2D eigenvalue weighted by Crippen LogP contribution is -2.59. The van der Waals surface area contributed by atoms with Gasteiger partial charge in [0.15, 0.2) is 0 Å². The zero-order valence-electron chi connectivity index (χ0n) is 25.2. The van der Waals surface area contributed by atoms with Crippen LogP contribution < -0.4 is 5.32 Å². The van der Waals surface area contributed by atoms with Crippen LogP contribution in [-0.2, 0) is 28.7 Å². The number of fused-ring (bicyclic) bond motifs is 1. The number of allylic oxidation sites excluding steroid dienone is 1. The van der Waals surface area contributed by atoms with Crippen molar-refractivity contribution < 1.29 is 33.8 Å². The summed E-state index contributed by atoms with van der Waals surface area (Å²) in [4.78, 5) is 57.3. The third-order valence-corrected chi connectivity index (χ3v) is 8.51. The van der Waals surface area contributed by atoms with E-state index >= 15 is 0 Å². The Bertz CT molecular complexity index is 985. The van der Waals surface area contributed by atoms with Gasteiger partial charge in [-0.1, -0.05) is 39.3 Å². The van der Waals surface area contributed by atoms with Gasteiger partial charge in [-0.2, -0.15) is 0 Å². The minimum Gasteiger partial charge on any atom is -0.460 e. The number of unbranched alkanes of at least 4 members (excludes halogenated alkanes) is 1. The van der Waals surface area contributed by atoms with Gasteiger partial charge in [-0.05, 0) is 44.9 Å². The molecule has 3 amide bonds. The van der Waals surface area contributed by atoms with Crippen molar-refractivity contribution in [3.8, 4) is 0 Å². The number of rotatable bonds is 17. The highest BCUT2D eigenvalue weighted by Crippen LogP contribution is 2.59. The van der Waals surface area contributed by atoms with Gasteiger partial charge in [0.1, 0.15) is 17.7 Å². The average Bonchev–Trinajstić information content (AvgIpc) is 3.58. The molecular weight excluding hydrogens is 526 g/mol. The molecule has 1 spiro atoms. The molecule has 7 atom stereocenters. The third-order valence-electron chi connectivity index (χ3n) is 8.51. The van der Waals surface area contributed by atoms with Crippen molar-refractivity contribution in [3.05, 3.63) is 25.3 Å². The molecule has 10 nitrogen and oxygen atoms in total. The van der Waals surface area contributed by atoms with E-state index in [9.17, 15) is 24.3 Å². The summed E-state index contributed by atoms with van der Waals surface area (Å²) in [5.41, 5.74) is -1.17. The molecule has 3 aliphatic heterocycles. The van der Waals surface area contributed by atoms with Crippen molar-refractivity contribution in [2.24, 2.45) is 17.8 Å². The van der Waals surface area contributed by atoms with Gasteiger partial charge in [-0.25, -0.2) is 0 Å². The summed E-state index contributed by atoms with van der Waals surface area (Å²) in [6, 6.07) is -1.53. The second-order valence-corrected chi connectivity index (χ2v) is 12.1. The highest BCUT2D eigenvalue weighted by atomic mass is 16.6. The lowest BCUT2D eigenvalue weighted by molar-refractivity contribution is -0.160. The van der Waals surface area contributed by atoms with Gasteiger partial charge in [-0.3, -0.25) is 19.2 Å². The number of carbonyl (C=O) groups is 4. The maximum atomic E-state index is 14.3. The molecule has 3 rings (SSSR count). The van der Waals surface area contributed by atoms with Crippen molar-refractivity contribution in [1.82, 2.24) is 15.1 Å². The fourth-order valence-corrected chi connectivity index (χ4v) is 6.72. The van der Waals surface area contributed by atoms with E-state index in [1.165, 1.54) is 4.90 Å². The van der Waals surface area contributed by atoms with Crippen molar-refractivity contribution in [1.29, 1.82) is 0 Å². The van der Waals surface area contributed by atoms with Crippen LogP contribution in [0.3, 0.4) is 0 Å². The predicted molar refractivity (Wildman–Crippen MR) is 154 cm³/mol. The number of esters is 1. The number of likely N-dealkylation sites (tertiary alicyclic amines) is 1. The molecule has 3 fully saturated rings. The first-order valence-electron chi connectivity index (χ1n) is 15.1. The molecule has 3 saturated heterocycles. The number of nitrogens with one attached hydrogen (secondary N) is 1. The molecule has 0 aromatic carbocycles. The Balaban J connectivity index is 1.90. The first-order valence-corrected chi connectivity index (χ1v) is 15.1. The van der Waals surface area contributed by atoms with Crippen molar-refractivity contribution in [2.45, 2.75) is 103 Å². The standard InChI is InChI=1S/C31H49N3O7/c1-7-10-12-24(36)32-18-21(6)40-30(39)25-23-13-14-31(41-23)26(25)28(37)34(22(19-35)17-20(4)5)27(31)29(38)33(15-9-3)16-11-8-2/h7,9,20-23,25-27,35H,1,3,8,10-19H2,2,4-6H3,(H,32,36)/t21-,22-,23+,25-,26-,27+,31-/m1/s1. The van der Waals surface area contributed by atoms with E-state index in [1.807, 2.05) is 20.8 Å². The molecule has 0 aliphatic carbocycles. The number of nitrogens with zero attached hydrogens (tertiary/aromatic N) is 2. The molecule has 3 aliphatic rings. The van der Waals surface area contributed by atoms with Gasteiger partial charge in [0, 0.05) is 19.5 Å². The number of hydrogen-bond acceptors (Lipinski definition) is 7. The molecule has 0 unspecified atom stereocenters. The molecule has 2 N–H and O–H groups in total. The highest BCUT2D eigenvalue weighted by Gasteiger charge is 2.75. The number of hydrogen-bond donors (Lipinski definition) is 2. The van der Waals surface area contributed by atoms with Crippen LogP contribution in [0.4, 0.5) is 0 Å². The normalized spacial score (nSPS) is 27.9. The van der Waals surface area contributed by atoms with Crippen molar-refractivity contribution in [3.63, 3.8) is 0 Å². The van der Waals surface area contributed by atoms with Gasteiger partial charge < -0.3 is 29.7 Å². The van der Waals surface area contributed by atoms with Crippen LogP contribution in [-0.4, -0.2) is 94.7 Å². The van der Waals surface area contributed by atoms with E-state index in [-0.39, 0.29) is 36.8 Å². The summed E-state index contributed by atoms with van der Waals surface area (Å²) in [7, 11) is 0. The number of ether oxygens (including phenoxy) is 2. The monoisotopic (exact) mass is 575 g/mol. The summed E-state index contributed by atoms with van der Waals surface area (Å²) < 4.78 is 12.2. The Labute approximate surface area is 244 Å². The first kappa shape index (κ1) is 32.8. The number of carbonyl (C=O) groups excluding carboxylic acids is 4. The summed E-state index contributed by atoms with van der Waals surface area (Å²) in [5.74, 6) is -2.88. The van der Waals surface area contributed by atoms with Gasteiger partial charge in [0.25, 0.3) is 0 Å². The van der Waals surface area contributed by atoms with Crippen LogP contribution >= 0.6 is 0 Å². The maximum absolute atomic E-state index is 14.3. The molecule has 0 aromatic rings. The zero-order valence-corrected chi connectivity index (χ0v) is 25.2. The molecule has 3 heterocycles. The van der Waals surface area contributed by atoms with Crippen molar-refractivity contribution >= 4 is 23.7 Å². The Hall–Kier alpha value is -2.72. The van der Waals surface area contributed by atoms with Crippen LogP contribution in [0, 0.1) is 17.8 Å². The summed E-state index contributed by atoms with van der Waals surface area (Å²) >= 11 is 0. The summed E-state index contributed by atoms with van der Waals surface area (Å²) in [6.07, 6.45) is 6.24. The smallest absolute Gasteiger partial charge is 0.312 e. The first-order chi connectivity index (χ1) is 19.6. The zero-order chi connectivity index (χ0) is 30.3. The van der Waals surface area contributed by atoms with Gasteiger partial charge in [-0.15, -0.1) is 13.2 Å². The third kappa shape index (κ3) is 6.85. The van der Waals surface area contributed by atoms with E-state index in [0.717, 1.165) is 12.8 Å². The Morgan fingerprint density at radius 1 is 1.27 bits per heavy atom. The van der Waals surface area contributed by atoms with Crippen LogP contribution in [0.5, 0.6) is 0 Å². The second kappa shape index (κ2) is 14.4. The molecular formula is C31H49N3O7. The van der Waals surface area contributed by atoms with E-state index in [4.69, 9.17) is 9.47 Å². The fourth-order valence-electron chi connectivity index (χ4n) is 6.72. The van der Waals surface area contributed by atoms with Gasteiger partial charge >= 0.3 is 5.97 Å². The van der Waals surface area contributed by atoms with Crippen LogP contribution in [0.15, 0.2) is 25.3 Å². The van der Waals surface area contributed by atoms with Gasteiger partial charge in [0.05, 0.1) is 37.1 Å². The van der Waals surface area contributed by atoms with E-state index < -0.39 is 47.7 Å². The fraction of sp³-hybridized carbons (Fsp3) is 0.742. The number of amides is 3. The lowest BCUT2D eigenvalue weighted by Gasteiger charge is -2.39. The summed E-state index contributed by atoms with van der Waals surface area (Å²) in [5, 5.41) is 13.2. The highest BCUT2D eigenvalue weighted by molar-refractivity contribution is 5.98. The lowest BCUT2D eigenvalue weighted by atomic mass is 9.70.